The standard InChI is InChI=1S/C35H39FN8O3/c1-42(2)11-4-8-34(45)41-31-20-29-30(21-33(31)47-15-5-12-43-13-16-46-17-14-43)37-24-38-35(29)40-28-9-10-32-26(19-28)22-39-44(32)23-25-6-3-7-27(36)18-25/h3-4,6-10,18-22,24H,5,11-17,23H2,1-2H3,(H,41,45)(H,37,38,40)/b8-4+. The molecule has 0 radical (unpaired) electrons. The number of amides is 1. The molecular formula is C35H39FN8O3. The molecule has 0 unspecified atom stereocenters. The Morgan fingerprint density at radius 3 is 2.81 bits per heavy atom. The number of morpholine rings is 1. The van der Waals surface area contributed by atoms with Gasteiger partial charge >= 0.3 is 0 Å². The number of carbonyl (C=O) groups is 1. The number of halogens is 1. The summed E-state index contributed by atoms with van der Waals surface area (Å²) < 4.78 is 27.2. The zero-order valence-electron chi connectivity index (χ0n) is 26.7. The van der Waals surface area contributed by atoms with Gasteiger partial charge in [-0.15, -0.1) is 0 Å². The van der Waals surface area contributed by atoms with Crippen molar-refractivity contribution in [2.24, 2.45) is 0 Å². The van der Waals surface area contributed by atoms with Crippen molar-refractivity contribution in [3.05, 3.63) is 90.7 Å². The zero-order valence-corrected chi connectivity index (χ0v) is 26.7. The van der Waals surface area contributed by atoms with Gasteiger partial charge in [-0.3, -0.25) is 14.4 Å². The molecule has 47 heavy (non-hydrogen) atoms. The van der Waals surface area contributed by atoms with Crippen molar-refractivity contribution in [3.63, 3.8) is 0 Å². The quantitative estimate of drug-likeness (QED) is 0.135. The molecule has 3 aromatic carbocycles. The molecule has 1 aliphatic heterocycles. The number of hydrogen-bond donors (Lipinski definition) is 2. The third kappa shape index (κ3) is 8.47. The van der Waals surface area contributed by atoms with Gasteiger partial charge in [-0.25, -0.2) is 14.4 Å². The van der Waals surface area contributed by atoms with Crippen LogP contribution in [0.3, 0.4) is 0 Å². The summed E-state index contributed by atoms with van der Waals surface area (Å²) in [4.78, 5) is 26.3. The topological polar surface area (TPSA) is 110 Å². The summed E-state index contributed by atoms with van der Waals surface area (Å²) in [5.74, 6) is 0.606. The van der Waals surface area contributed by atoms with Gasteiger partial charge in [-0.2, -0.15) is 5.10 Å². The Morgan fingerprint density at radius 2 is 1.98 bits per heavy atom. The third-order valence-electron chi connectivity index (χ3n) is 7.84. The average Bonchev–Trinajstić information content (AvgIpc) is 3.45. The van der Waals surface area contributed by atoms with E-state index in [1.807, 2.05) is 66.2 Å². The SMILES string of the molecule is CN(C)C/C=C/C(=O)Nc1cc2c(Nc3ccc4c(cnn4Cc4cccc(F)c4)c3)ncnc2cc1OCCCN1CCOCC1. The first-order valence-corrected chi connectivity index (χ1v) is 15.7. The smallest absolute Gasteiger partial charge is 0.248 e. The van der Waals surface area contributed by atoms with Gasteiger partial charge in [0.15, 0.2) is 0 Å². The van der Waals surface area contributed by atoms with Gasteiger partial charge in [0.2, 0.25) is 5.91 Å². The molecule has 1 aliphatic rings. The Morgan fingerprint density at radius 1 is 1.11 bits per heavy atom. The number of nitrogens with one attached hydrogen (secondary N) is 2. The van der Waals surface area contributed by atoms with E-state index in [1.165, 1.54) is 24.5 Å². The molecule has 244 valence electrons. The van der Waals surface area contributed by atoms with Crippen molar-refractivity contribution in [1.29, 1.82) is 0 Å². The molecule has 5 aromatic rings. The predicted molar refractivity (Wildman–Crippen MR) is 182 cm³/mol. The van der Waals surface area contributed by atoms with Gasteiger partial charge < -0.3 is 25.0 Å². The van der Waals surface area contributed by atoms with Gasteiger partial charge in [0.1, 0.15) is 23.7 Å². The predicted octanol–water partition coefficient (Wildman–Crippen LogP) is 5.07. The fourth-order valence-electron chi connectivity index (χ4n) is 5.48. The van der Waals surface area contributed by atoms with Crippen LogP contribution in [0.25, 0.3) is 21.8 Å². The van der Waals surface area contributed by atoms with Gasteiger partial charge in [0.25, 0.3) is 0 Å². The van der Waals surface area contributed by atoms with Crippen LogP contribution in [0.2, 0.25) is 0 Å². The molecule has 0 aliphatic carbocycles. The second kappa shape index (κ2) is 15.1. The van der Waals surface area contributed by atoms with E-state index in [2.05, 4.69) is 30.6 Å². The molecule has 0 bridgehead atoms. The number of hydrogen-bond acceptors (Lipinski definition) is 9. The number of benzene rings is 3. The first kappa shape index (κ1) is 32.0. The molecule has 0 spiro atoms. The number of likely N-dealkylation sites (N-methyl/N-ethyl adjacent to an activating group) is 1. The monoisotopic (exact) mass is 638 g/mol. The average molecular weight is 639 g/mol. The van der Waals surface area contributed by atoms with Crippen molar-refractivity contribution >= 4 is 44.9 Å². The fourth-order valence-corrected chi connectivity index (χ4v) is 5.48. The van der Waals surface area contributed by atoms with Gasteiger partial charge in [0.05, 0.1) is 49.3 Å². The minimum atomic E-state index is -0.270. The Kier molecular flexibility index (Phi) is 10.3. The molecule has 1 amide bonds. The maximum atomic E-state index is 13.7. The Labute approximate surface area is 273 Å². The fraction of sp³-hybridized carbons (Fsp3) is 0.314. The van der Waals surface area contributed by atoms with Crippen LogP contribution in [-0.4, -0.2) is 95.6 Å². The summed E-state index contributed by atoms with van der Waals surface area (Å²) in [6.45, 7) is 5.87. The van der Waals surface area contributed by atoms with E-state index in [-0.39, 0.29) is 11.7 Å². The Balaban J connectivity index is 1.22. The van der Waals surface area contributed by atoms with Crippen LogP contribution in [0.5, 0.6) is 5.75 Å². The van der Waals surface area contributed by atoms with Crippen LogP contribution >= 0.6 is 0 Å². The normalized spacial score (nSPS) is 14.0. The summed E-state index contributed by atoms with van der Waals surface area (Å²) in [5.41, 5.74) is 3.78. The molecule has 1 fully saturated rings. The van der Waals surface area contributed by atoms with Crippen LogP contribution in [0.4, 0.5) is 21.6 Å². The summed E-state index contributed by atoms with van der Waals surface area (Å²) in [6.07, 6.45) is 7.47. The number of nitrogens with zero attached hydrogens (tertiary/aromatic N) is 6. The molecule has 1 saturated heterocycles. The lowest BCUT2D eigenvalue weighted by atomic mass is 10.1. The molecule has 0 atom stereocenters. The summed E-state index contributed by atoms with van der Waals surface area (Å²) in [7, 11) is 3.89. The van der Waals surface area contributed by atoms with E-state index in [9.17, 15) is 9.18 Å². The number of fused-ring (bicyclic) bond motifs is 2. The van der Waals surface area contributed by atoms with Crippen LogP contribution in [-0.2, 0) is 16.1 Å². The molecule has 3 heterocycles. The van der Waals surface area contributed by atoms with Crippen LogP contribution < -0.4 is 15.4 Å². The van der Waals surface area contributed by atoms with Gasteiger partial charge in [-0.1, -0.05) is 18.2 Å². The van der Waals surface area contributed by atoms with E-state index >= 15 is 0 Å². The first-order chi connectivity index (χ1) is 22.9. The second-order valence-corrected chi connectivity index (χ2v) is 11.7. The zero-order chi connectivity index (χ0) is 32.6. The molecule has 2 aromatic heterocycles. The second-order valence-electron chi connectivity index (χ2n) is 11.7. The summed E-state index contributed by atoms with van der Waals surface area (Å²) in [6, 6.07) is 16.1. The van der Waals surface area contributed by atoms with E-state index in [0.29, 0.717) is 42.5 Å². The van der Waals surface area contributed by atoms with E-state index in [0.717, 1.165) is 66.8 Å². The highest BCUT2D eigenvalue weighted by molar-refractivity contribution is 6.03. The molecule has 6 rings (SSSR count). The number of anilines is 3. The lowest BCUT2D eigenvalue weighted by molar-refractivity contribution is -0.111. The number of aromatic nitrogens is 4. The lowest BCUT2D eigenvalue weighted by Crippen LogP contribution is -2.37. The highest BCUT2D eigenvalue weighted by atomic mass is 19.1. The molecule has 12 heteroatoms. The Bertz CT molecular complexity index is 1870. The molecule has 0 saturated carbocycles. The van der Waals surface area contributed by atoms with Gasteiger partial charge in [-0.05, 0) is 62.5 Å². The van der Waals surface area contributed by atoms with Crippen molar-refractivity contribution < 1.29 is 18.7 Å². The molecule has 2 N–H and O–H groups in total. The number of ether oxygens (including phenoxy) is 2. The molecular weight excluding hydrogens is 599 g/mol. The lowest BCUT2D eigenvalue weighted by Gasteiger charge is -2.26. The minimum absolute atomic E-state index is 0.253. The summed E-state index contributed by atoms with van der Waals surface area (Å²) in [5, 5.41) is 12.6. The minimum Gasteiger partial charge on any atom is -0.491 e. The highest BCUT2D eigenvalue weighted by Gasteiger charge is 2.15. The number of carbonyl (C=O) groups excluding carboxylic acids is 1. The third-order valence-corrected chi connectivity index (χ3v) is 7.84. The highest BCUT2D eigenvalue weighted by Crippen LogP contribution is 2.34. The first-order valence-electron chi connectivity index (χ1n) is 15.7. The van der Waals surface area contributed by atoms with Crippen LogP contribution in [0.15, 0.2) is 79.3 Å². The maximum Gasteiger partial charge on any atom is 0.248 e. The van der Waals surface area contributed by atoms with Crippen molar-refractivity contribution in [3.8, 4) is 5.75 Å². The van der Waals surface area contributed by atoms with Crippen molar-refractivity contribution in [2.75, 3.05) is 70.7 Å². The number of rotatable bonds is 13. The van der Waals surface area contributed by atoms with E-state index in [4.69, 9.17) is 9.47 Å². The van der Waals surface area contributed by atoms with Gasteiger partial charge in [0, 0.05) is 54.8 Å². The molecule has 11 nitrogen and oxygen atoms in total. The van der Waals surface area contributed by atoms with Crippen molar-refractivity contribution in [1.82, 2.24) is 29.5 Å². The Hall–Kier alpha value is -4.91. The maximum absolute atomic E-state index is 13.7. The largest absolute Gasteiger partial charge is 0.491 e. The van der Waals surface area contributed by atoms with Crippen molar-refractivity contribution in [2.45, 2.75) is 13.0 Å². The summed E-state index contributed by atoms with van der Waals surface area (Å²) >= 11 is 0. The van der Waals surface area contributed by atoms with Crippen LogP contribution in [0, 0.1) is 5.82 Å². The van der Waals surface area contributed by atoms with Crippen LogP contribution in [0.1, 0.15) is 12.0 Å². The van der Waals surface area contributed by atoms with E-state index in [1.54, 1.807) is 12.3 Å². The van der Waals surface area contributed by atoms with E-state index < -0.39 is 0 Å².